The lowest BCUT2D eigenvalue weighted by Crippen LogP contribution is -2.71. The fraction of sp³-hybridized carbons (Fsp3) is 0.455. The molecule has 3 aromatic rings. The maximum atomic E-state index is 13.5. The van der Waals surface area contributed by atoms with Crippen molar-refractivity contribution < 1.29 is 34.0 Å². The van der Waals surface area contributed by atoms with Crippen LogP contribution in [0.4, 0.5) is 0 Å². The van der Waals surface area contributed by atoms with E-state index >= 15 is 0 Å². The molecule has 0 amide bonds. The zero-order valence-electron chi connectivity index (χ0n) is 24.2. The lowest BCUT2D eigenvalue weighted by molar-refractivity contribution is -0.263. The van der Waals surface area contributed by atoms with Gasteiger partial charge in [-0.3, -0.25) is 4.98 Å². The first-order valence-electron chi connectivity index (χ1n) is 14.4. The van der Waals surface area contributed by atoms with Gasteiger partial charge in [0.05, 0.1) is 36.0 Å². The van der Waals surface area contributed by atoms with Crippen LogP contribution in [-0.2, 0) is 4.74 Å². The molecule has 10 nitrogen and oxygen atoms in total. The van der Waals surface area contributed by atoms with Gasteiger partial charge >= 0.3 is 11.6 Å². The lowest BCUT2D eigenvalue weighted by atomic mass is 9.42. The number of fused-ring (bicyclic) bond motifs is 4. The number of aliphatic hydroxyl groups excluding tert-OH is 3. The van der Waals surface area contributed by atoms with E-state index in [0.29, 0.717) is 24.0 Å². The van der Waals surface area contributed by atoms with E-state index in [2.05, 4.69) is 4.98 Å². The van der Waals surface area contributed by atoms with Crippen LogP contribution in [0.15, 0.2) is 64.1 Å². The van der Waals surface area contributed by atoms with Gasteiger partial charge in [0.2, 0.25) is 0 Å². The highest BCUT2D eigenvalue weighted by molar-refractivity contribution is 5.89. The minimum Gasteiger partial charge on any atom is -0.482 e. The molecule has 2 saturated carbocycles. The number of pyridine rings is 1. The molecule has 0 bridgehead atoms. The minimum atomic E-state index is -1.35. The number of aromatic nitrogens is 1. The highest BCUT2D eigenvalue weighted by Gasteiger charge is 2.70. The van der Waals surface area contributed by atoms with Crippen molar-refractivity contribution in [2.75, 3.05) is 6.61 Å². The quantitative estimate of drug-likeness (QED) is 0.384. The van der Waals surface area contributed by atoms with Gasteiger partial charge in [0.15, 0.2) is 0 Å². The first kappa shape index (κ1) is 29.1. The predicted octanol–water partition coefficient (Wildman–Crippen LogP) is 3.78. The maximum absolute atomic E-state index is 13.5. The molecule has 224 valence electrons. The van der Waals surface area contributed by atoms with Crippen LogP contribution in [-0.4, -0.2) is 50.7 Å². The van der Waals surface area contributed by atoms with Gasteiger partial charge in [0.1, 0.15) is 28.8 Å². The smallest absolute Gasteiger partial charge is 0.345 e. The Balaban J connectivity index is 1.48. The molecule has 2 unspecified atom stereocenters. The van der Waals surface area contributed by atoms with Gasteiger partial charge in [0.25, 0.3) is 0 Å². The van der Waals surface area contributed by atoms with Gasteiger partial charge in [0, 0.05) is 35.4 Å². The fourth-order valence-corrected chi connectivity index (χ4v) is 8.10. The molecule has 10 heteroatoms. The van der Waals surface area contributed by atoms with E-state index < -0.39 is 58.2 Å². The number of rotatable bonds is 4. The van der Waals surface area contributed by atoms with Crippen LogP contribution in [0.5, 0.6) is 5.75 Å². The van der Waals surface area contributed by atoms with Crippen LogP contribution in [0.25, 0.3) is 11.3 Å². The summed E-state index contributed by atoms with van der Waals surface area (Å²) in [7, 11) is 0. The molecule has 6 rings (SSSR count). The Bertz CT molecular complexity index is 1650. The summed E-state index contributed by atoms with van der Waals surface area (Å²) >= 11 is 0. The van der Waals surface area contributed by atoms with E-state index in [9.17, 15) is 24.9 Å². The molecule has 1 aliphatic heterocycles. The topological polar surface area (TPSA) is 163 Å². The second-order valence-corrected chi connectivity index (χ2v) is 12.7. The molecule has 0 saturated heterocycles. The van der Waals surface area contributed by atoms with Crippen LogP contribution >= 0.6 is 0 Å². The van der Waals surface area contributed by atoms with E-state index in [1.165, 1.54) is 24.3 Å². The summed E-state index contributed by atoms with van der Waals surface area (Å²) in [5, 5.41) is 42.9. The second-order valence-electron chi connectivity index (χ2n) is 12.7. The average Bonchev–Trinajstić information content (AvgIpc) is 3.00. The molecule has 0 spiro atoms. The number of carbonyl (C=O) groups excluding carboxylic acids is 1. The first-order chi connectivity index (χ1) is 20.5. The Morgan fingerprint density at radius 3 is 2.58 bits per heavy atom. The van der Waals surface area contributed by atoms with E-state index in [1.807, 2.05) is 13.0 Å². The average molecular weight is 587 g/mol. The van der Waals surface area contributed by atoms with Crippen LogP contribution in [0, 0.1) is 34.0 Å². The first-order valence-corrected chi connectivity index (χ1v) is 14.4. The van der Waals surface area contributed by atoms with Crippen molar-refractivity contribution >= 4 is 5.97 Å². The van der Waals surface area contributed by atoms with E-state index in [-0.39, 0.29) is 35.7 Å². The molecule has 2 fully saturated rings. The summed E-state index contributed by atoms with van der Waals surface area (Å²) in [5.41, 5.74) is -2.60. The Kier molecular flexibility index (Phi) is 6.96. The molecule has 1 aromatic carbocycles. The maximum Gasteiger partial charge on any atom is 0.345 e. The summed E-state index contributed by atoms with van der Waals surface area (Å²) in [4.78, 5) is 31.0. The molecular formula is C33H34N2O8. The molecule has 0 radical (unpaired) electrons. The molecule has 3 N–H and O–H groups in total. The van der Waals surface area contributed by atoms with Gasteiger partial charge in [-0.2, -0.15) is 5.26 Å². The fourth-order valence-electron chi connectivity index (χ4n) is 8.10. The van der Waals surface area contributed by atoms with Crippen molar-refractivity contribution in [1.82, 2.24) is 4.98 Å². The number of nitriles is 1. The van der Waals surface area contributed by atoms with Crippen LogP contribution in [0.3, 0.4) is 0 Å². The van der Waals surface area contributed by atoms with Crippen LogP contribution in [0.2, 0.25) is 0 Å². The molecule has 2 aromatic heterocycles. The molecule has 3 aliphatic rings. The monoisotopic (exact) mass is 586 g/mol. The largest absolute Gasteiger partial charge is 0.482 e. The molecule has 3 heterocycles. The number of aliphatic hydroxyl groups is 3. The number of ether oxygens (including phenoxy) is 2. The van der Waals surface area contributed by atoms with Crippen molar-refractivity contribution in [3.05, 3.63) is 82.0 Å². The normalized spacial score (nSPS) is 34.5. The lowest BCUT2D eigenvalue weighted by Gasteiger charge is -2.66. The summed E-state index contributed by atoms with van der Waals surface area (Å²) in [5.74, 6) is -1.48. The third-order valence-corrected chi connectivity index (χ3v) is 10.4. The number of hydrogen-bond donors (Lipinski definition) is 3. The summed E-state index contributed by atoms with van der Waals surface area (Å²) in [6.07, 6.45) is 1.13. The Hall–Kier alpha value is -4.04. The molecule has 8 atom stereocenters. The van der Waals surface area contributed by atoms with Crippen molar-refractivity contribution in [1.29, 1.82) is 5.26 Å². The highest BCUT2D eigenvalue weighted by Crippen LogP contribution is 2.67. The third-order valence-electron chi connectivity index (χ3n) is 10.4. The van der Waals surface area contributed by atoms with E-state index in [0.717, 1.165) is 0 Å². The Labute approximate surface area is 248 Å². The standard InChI is InChI=1S/C33H34N2O8/c1-31-11-10-24(37)32(2,17-36)23(31)14-25(42-29(39)19-8-6-18(15-34)7-9-19)33(3)28(31)27(38)26-22(43-33)13-21(41-30(26)40)20-5-4-12-35-16-20/h4-9,12-13,16,23-25,27-28,36-38H,10-11,14,17H2,1-3H3/t23?,24-,25-,27-,28?,31-,32-,33+/m0/s1. The Morgan fingerprint density at radius 2 is 1.93 bits per heavy atom. The number of nitrogens with zero attached hydrogens (tertiary/aromatic N) is 2. The van der Waals surface area contributed by atoms with Gasteiger partial charge in [-0.15, -0.1) is 0 Å². The molecule has 2 aliphatic carbocycles. The van der Waals surface area contributed by atoms with Gasteiger partial charge in [-0.1, -0.05) is 13.8 Å². The van der Waals surface area contributed by atoms with Crippen molar-refractivity contribution in [2.45, 2.75) is 63.9 Å². The summed E-state index contributed by atoms with van der Waals surface area (Å²) in [6, 6.07) is 13.1. The molecular weight excluding hydrogens is 552 g/mol. The number of hydrogen-bond acceptors (Lipinski definition) is 10. The number of carbonyl (C=O) groups is 1. The molecule has 43 heavy (non-hydrogen) atoms. The summed E-state index contributed by atoms with van der Waals surface area (Å²) in [6.45, 7) is 5.25. The van der Waals surface area contributed by atoms with Crippen LogP contribution < -0.4 is 10.4 Å². The van der Waals surface area contributed by atoms with E-state index in [1.54, 1.807) is 44.4 Å². The second kappa shape index (κ2) is 10.3. The number of benzene rings is 1. The van der Waals surface area contributed by atoms with Crippen molar-refractivity contribution in [3.63, 3.8) is 0 Å². The van der Waals surface area contributed by atoms with E-state index in [4.69, 9.17) is 19.2 Å². The SMILES string of the molecule is C[C@]12CC[C@H](O)[C@@](C)(CO)C1C[C@H](OC(=O)c1ccc(C#N)cc1)[C@@]1(C)Oc3cc(-c4cccnc4)oc(=O)c3[C@H](O)C21. The summed E-state index contributed by atoms with van der Waals surface area (Å²) < 4.78 is 18.5. The minimum absolute atomic E-state index is 0.0222. The van der Waals surface area contributed by atoms with Crippen LogP contribution in [0.1, 0.15) is 67.6 Å². The van der Waals surface area contributed by atoms with Gasteiger partial charge in [-0.05, 0) is 73.9 Å². The zero-order valence-corrected chi connectivity index (χ0v) is 24.2. The Morgan fingerprint density at radius 1 is 1.19 bits per heavy atom. The number of esters is 1. The van der Waals surface area contributed by atoms with Gasteiger partial charge < -0.3 is 29.2 Å². The van der Waals surface area contributed by atoms with Crippen molar-refractivity contribution in [2.24, 2.45) is 22.7 Å². The van der Waals surface area contributed by atoms with Gasteiger partial charge in [-0.25, -0.2) is 9.59 Å². The van der Waals surface area contributed by atoms with Crippen molar-refractivity contribution in [3.8, 4) is 23.1 Å². The third kappa shape index (κ3) is 4.37. The predicted molar refractivity (Wildman–Crippen MR) is 153 cm³/mol. The highest BCUT2D eigenvalue weighted by atomic mass is 16.6. The zero-order chi connectivity index (χ0) is 30.7.